The van der Waals surface area contributed by atoms with Crippen LogP contribution in [0.4, 0.5) is 0 Å². The minimum absolute atomic E-state index is 0.0430. The number of hydrogen-bond donors (Lipinski definition) is 1. The number of carbonyl (C=O) groups excluding carboxylic acids is 1. The number of aromatic nitrogens is 3. The van der Waals surface area contributed by atoms with E-state index in [1.165, 1.54) is 6.08 Å². The molecule has 11 heavy (non-hydrogen) atoms. The van der Waals surface area contributed by atoms with Gasteiger partial charge in [0, 0.05) is 0 Å². The van der Waals surface area contributed by atoms with Crippen LogP contribution in [0, 0.1) is 0 Å². The Hall–Kier alpha value is -1.45. The van der Waals surface area contributed by atoms with Gasteiger partial charge in [-0.15, -0.1) is 0 Å². The molecule has 1 N–H and O–H groups in total. The summed E-state index contributed by atoms with van der Waals surface area (Å²) in [6.07, 6.45) is 5.10. The summed E-state index contributed by atoms with van der Waals surface area (Å²) in [6, 6.07) is 0. The van der Waals surface area contributed by atoms with Gasteiger partial charge >= 0.3 is 0 Å². The van der Waals surface area contributed by atoms with Crippen LogP contribution in [0.25, 0.3) is 0 Å². The summed E-state index contributed by atoms with van der Waals surface area (Å²) >= 11 is 0. The monoisotopic (exact) mass is 151 g/mol. The lowest BCUT2D eigenvalue weighted by atomic mass is 10.2. The van der Waals surface area contributed by atoms with E-state index in [2.05, 4.69) is 15.4 Å². The van der Waals surface area contributed by atoms with Crippen molar-refractivity contribution in [2.75, 3.05) is 0 Å². The van der Waals surface area contributed by atoms with Gasteiger partial charge in [-0.1, -0.05) is 6.08 Å². The number of ketones is 1. The third-order valence-electron chi connectivity index (χ3n) is 1.17. The van der Waals surface area contributed by atoms with Crippen molar-refractivity contribution in [3.05, 3.63) is 24.0 Å². The Morgan fingerprint density at radius 1 is 1.82 bits per heavy atom. The number of nitrogens with zero attached hydrogens (tertiary/aromatic N) is 2. The number of aromatic amines is 1. The van der Waals surface area contributed by atoms with Gasteiger partial charge in [-0.2, -0.15) is 15.4 Å². The first-order valence-corrected chi connectivity index (χ1v) is 3.33. The van der Waals surface area contributed by atoms with Crippen LogP contribution in [-0.2, 0) is 11.2 Å². The second kappa shape index (κ2) is 3.65. The van der Waals surface area contributed by atoms with Crippen LogP contribution in [0.15, 0.2) is 18.3 Å². The van der Waals surface area contributed by atoms with E-state index in [-0.39, 0.29) is 5.78 Å². The topological polar surface area (TPSA) is 58.6 Å². The zero-order valence-corrected chi connectivity index (χ0v) is 6.24. The predicted octanol–water partition coefficient (Wildman–Crippen LogP) is 0.492. The number of hydrogen-bond acceptors (Lipinski definition) is 3. The van der Waals surface area contributed by atoms with Crippen LogP contribution in [-0.4, -0.2) is 21.2 Å². The standard InChI is InChI=1S/C7H9N3O/c1-2-3-7(11)4-6-5-8-10-9-6/h2-3,5H,4H2,1H3,(H,8,9,10). The second-order valence-corrected chi connectivity index (χ2v) is 2.10. The molecule has 0 unspecified atom stereocenters. The van der Waals surface area contributed by atoms with Crippen molar-refractivity contribution in [2.45, 2.75) is 13.3 Å². The Balaban J connectivity index is 2.50. The molecule has 4 heteroatoms. The molecule has 0 saturated heterocycles. The molecule has 0 saturated carbocycles. The predicted molar refractivity (Wildman–Crippen MR) is 39.9 cm³/mol. The van der Waals surface area contributed by atoms with E-state index in [1.54, 1.807) is 19.2 Å². The number of carbonyl (C=O) groups is 1. The summed E-state index contributed by atoms with van der Waals surface area (Å²) in [6.45, 7) is 1.81. The highest BCUT2D eigenvalue weighted by atomic mass is 16.1. The van der Waals surface area contributed by atoms with Gasteiger partial charge < -0.3 is 0 Å². The van der Waals surface area contributed by atoms with Crippen molar-refractivity contribution < 1.29 is 4.79 Å². The SMILES string of the molecule is CC=CC(=O)Cc1cn[nH]n1. The number of allylic oxidation sites excluding steroid dienone is 2. The molecule has 1 aromatic rings. The summed E-state index contributed by atoms with van der Waals surface area (Å²) in [5.41, 5.74) is 0.674. The molecule has 0 bridgehead atoms. The lowest BCUT2D eigenvalue weighted by molar-refractivity contribution is -0.114. The molecule has 0 fully saturated rings. The number of nitrogens with one attached hydrogen (secondary N) is 1. The Morgan fingerprint density at radius 3 is 3.18 bits per heavy atom. The highest BCUT2D eigenvalue weighted by Crippen LogP contribution is 1.92. The van der Waals surface area contributed by atoms with Crippen molar-refractivity contribution in [1.29, 1.82) is 0 Å². The summed E-state index contributed by atoms with van der Waals surface area (Å²) < 4.78 is 0. The van der Waals surface area contributed by atoms with Crippen LogP contribution in [0.3, 0.4) is 0 Å². The third-order valence-corrected chi connectivity index (χ3v) is 1.17. The minimum Gasteiger partial charge on any atom is -0.294 e. The van der Waals surface area contributed by atoms with Crippen LogP contribution in [0.2, 0.25) is 0 Å². The Labute approximate surface area is 64.3 Å². The lowest BCUT2D eigenvalue weighted by Crippen LogP contribution is -1.98. The van der Waals surface area contributed by atoms with Crippen molar-refractivity contribution in [3.8, 4) is 0 Å². The fourth-order valence-corrected chi connectivity index (χ4v) is 0.734. The summed E-state index contributed by atoms with van der Waals surface area (Å²) in [7, 11) is 0. The molecule has 0 atom stereocenters. The first kappa shape index (κ1) is 7.65. The summed E-state index contributed by atoms with van der Waals surface area (Å²) in [5, 5.41) is 9.77. The van der Waals surface area contributed by atoms with Gasteiger partial charge in [0.2, 0.25) is 0 Å². The van der Waals surface area contributed by atoms with E-state index >= 15 is 0 Å². The fourth-order valence-electron chi connectivity index (χ4n) is 0.734. The van der Waals surface area contributed by atoms with Crippen molar-refractivity contribution in [1.82, 2.24) is 15.4 Å². The van der Waals surface area contributed by atoms with E-state index in [0.29, 0.717) is 12.1 Å². The van der Waals surface area contributed by atoms with Crippen molar-refractivity contribution >= 4 is 5.78 Å². The maximum atomic E-state index is 10.9. The highest BCUT2D eigenvalue weighted by Gasteiger charge is 2.00. The van der Waals surface area contributed by atoms with Gasteiger partial charge in [0.15, 0.2) is 5.78 Å². The van der Waals surface area contributed by atoms with E-state index < -0.39 is 0 Å². The smallest absolute Gasteiger partial charge is 0.161 e. The average Bonchev–Trinajstić information content (AvgIpc) is 2.40. The van der Waals surface area contributed by atoms with Gasteiger partial charge in [0.05, 0.1) is 18.3 Å². The first-order valence-electron chi connectivity index (χ1n) is 3.33. The van der Waals surface area contributed by atoms with Gasteiger partial charge in [-0.25, -0.2) is 0 Å². The summed E-state index contributed by atoms with van der Waals surface area (Å²) in [4.78, 5) is 10.9. The highest BCUT2D eigenvalue weighted by molar-refractivity contribution is 5.90. The third kappa shape index (κ3) is 2.33. The Kier molecular flexibility index (Phi) is 2.54. The Bertz CT molecular complexity index is 251. The first-order chi connectivity index (χ1) is 5.33. The fraction of sp³-hybridized carbons (Fsp3) is 0.286. The normalized spacial score (nSPS) is 10.6. The molecule has 0 aliphatic carbocycles. The molecule has 0 aliphatic heterocycles. The van der Waals surface area contributed by atoms with Crippen LogP contribution in [0.1, 0.15) is 12.6 Å². The molecular formula is C7H9N3O. The van der Waals surface area contributed by atoms with Crippen LogP contribution in [0.5, 0.6) is 0 Å². The molecule has 0 radical (unpaired) electrons. The van der Waals surface area contributed by atoms with Crippen molar-refractivity contribution in [2.24, 2.45) is 0 Å². The number of rotatable bonds is 3. The quantitative estimate of drug-likeness (QED) is 0.639. The van der Waals surface area contributed by atoms with Gasteiger partial charge in [0.1, 0.15) is 0 Å². The van der Waals surface area contributed by atoms with E-state index in [4.69, 9.17) is 0 Å². The molecule has 0 spiro atoms. The lowest BCUT2D eigenvalue weighted by Gasteiger charge is -1.86. The molecule has 58 valence electrons. The molecule has 0 amide bonds. The van der Waals surface area contributed by atoms with E-state index in [1.807, 2.05) is 0 Å². The molecule has 0 aromatic carbocycles. The zero-order chi connectivity index (χ0) is 8.10. The molecular weight excluding hydrogens is 142 g/mol. The van der Waals surface area contributed by atoms with Gasteiger partial charge in [0.25, 0.3) is 0 Å². The molecule has 1 heterocycles. The molecule has 1 rings (SSSR count). The van der Waals surface area contributed by atoms with E-state index in [9.17, 15) is 4.79 Å². The average molecular weight is 151 g/mol. The maximum Gasteiger partial charge on any atom is 0.161 e. The minimum atomic E-state index is 0.0430. The molecule has 0 aliphatic rings. The number of H-pyrrole nitrogens is 1. The van der Waals surface area contributed by atoms with Gasteiger partial charge in [-0.3, -0.25) is 4.79 Å². The van der Waals surface area contributed by atoms with Crippen LogP contribution >= 0.6 is 0 Å². The largest absolute Gasteiger partial charge is 0.294 e. The Morgan fingerprint density at radius 2 is 2.64 bits per heavy atom. The van der Waals surface area contributed by atoms with Crippen LogP contribution < -0.4 is 0 Å². The van der Waals surface area contributed by atoms with Crippen molar-refractivity contribution in [3.63, 3.8) is 0 Å². The van der Waals surface area contributed by atoms with E-state index in [0.717, 1.165) is 0 Å². The zero-order valence-electron chi connectivity index (χ0n) is 6.24. The summed E-state index contributed by atoms with van der Waals surface area (Å²) in [5.74, 6) is 0.0430. The molecule has 1 aromatic heterocycles. The maximum absolute atomic E-state index is 10.9. The molecule has 4 nitrogen and oxygen atoms in total. The van der Waals surface area contributed by atoms with Gasteiger partial charge in [-0.05, 0) is 13.0 Å². The second-order valence-electron chi connectivity index (χ2n) is 2.10.